The van der Waals surface area contributed by atoms with Gasteiger partial charge in [0.2, 0.25) is 0 Å². The molecule has 0 saturated carbocycles. The Bertz CT molecular complexity index is 996. The molecule has 0 fully saturated rings. The average Bonchev–Trinajstić information content (AvgIpc) is 2.94. The number of nitrogens with zero attached hydrogens (tertiary/aromatic N) is 2. The molecular weight excluding hydrogens is 264 g/mol. The number of para-hydroxylation sites is 2. The molecule has 0 atom stereocenters. The summed E-state index contributed by atoms with van der Waals surface area (Å²) in [6.45, 7) is 0. The highest BCUT2D eigenvalue weighted by Crippen LogP contribution is 2.22. The molecule has 4 rings (SSSR count). The second kappa shape index (κ2) is 4.21. The van der Waals surface area contributed by atoms with Crippen LogP contribution in [0.4, 0.5) is 0 Å². The fourth-order valence-corrected chi connectivity index (χ4v) is 2.53. The lowest BCUT2D eigenvalue weighted by atomic mass is 10.2. The first-order chi connectivity index (χ1) is 10.2. The Labute approximate surface area is 119 Å². The van der Waals surface area contributed by atoms with E-state index in [1.54, 1.807) is 12.1 Å². The SMILES string of the molecule is Nn1c(-c2cc3ccccc3[nH]2)nc2ccccc2c1=O. The molecule has 0 bridgehead atoms. The van der Waals surface area contributed by atoms with Crippen LogP contribution >= 0.6 is 0 Å². The average molecular weight is 276 g/mol. The van der Waals surface area contributed by atoms with Crippen LogP contribution in [0, 0.1) is 0 Å². The molecule has 21 heavy (non-hydrogen) atoms. The third kappa shape index (κ3) is 1.71. The molecule has 2 aromatic heterocycles. The first kappa shape index (κ1) is 11.7. The van der Waals surface area contributed by atoms with Crippen molar-refractivity contribution < 1.29 is 0 Å². The highest BCUT2D eigenvalue weighted by molar-refractivity contribution is 5.86. The van der Waals surface area contributed by atoms with Gasteiger partial charge < -0.3 is 10.8 Å². The third-order valence-electron chi connectivity index (χ3n) is 3.58. The lowest BCUT2D eigenvalue weighted by Crippen LogP contribution is -2.29. The van der Waals surface area contributed by atoms with Crippen molar-refractivity contribution in [2.45, 2.75) is 0 Å². The zero-order valence-electron chi connectivity index (χ0n) is 11.1. The molecule has 102 valence electrons. The molecule has 2 heterocycles. The molecule has 0 radical (unpaired) electrons. The van der Waals surface area contributed by atoms with Gasteiger partial charge in [-0.25, -0.2) is 9.66 Å². The van der Waals surface area contributed by atoms with Gasteiger partial charge in [0.1, 0.15) is 0 Å². The summed E-state index contributed by atoms with van der Waals surface area (Å²) in [6, 6.07) is 17.0. The minimum absolute atomic E-state index is 0.255. The van der Waals surface area contributed by atoms with Crippen LogP contribution in [-0.4, -0.2) is 14.6 Å². The molecule has 2 aromatic carbocycles. The zero-order valence-corrected chi connectivity index (χ0v) is 11.1. The standard InChI is InChI=1S/C16H12N4O/c17-20-15(14-9-10-5-1-3-7-12(10)18-14)19-13-8-4-2-6-11(13)16(20)21/h1-9,18H,17H2. The van der Waals surface area contributed by atoms with Gasteiger partial charge in [0, 0.05) is 10.9 Å². The number of H-pyrrole nitrogens is 1. The maximum atomic E-state index is 12.3. The minimum Gasteiger partial charge on any atom is -0.352 e. The summed E-state index contributed by atoms with van der Waals surface area (Å²) < 4.78 is 1.09. The van der Waals surface area contributed by atoms with Crippen molar-refractivity contribution in [1.82, 2.24) is 14.6 Å². The van der Waals surface area contributed by atoms with Crippen LogP contribution in [0.3, 0.4) is 0 Å². The summed E-state index contributed by atoms with van der Waals surface area (Å²) in [4.78, 5) is 20.1. The highest BCUT2D eigenvalue weighted by atomic mass is 16.1. The second-order valence-electron chi connectivity index (χ2n) is 4.90. The van der Waals surface area contributed by atoms with Crippen molar-refractivity contribution in [3.05, 3.63) is 65.0 Å². The lowest BCUT2D eigenvalue weighted by molar-refractivity contribution is 0.922. The van der Waals surface area contributed by atoms with Gasteiger partial charge in [0.25, 0.3) is 5.56 Å². The van der Waals surface area contributed by atoms with E-state index in [9.17, 15) is 4.79 Å². The topological polar surface area (TPSA) is 76.7 Å². The van der Waals surface area contributed by atoms with E-state index in [0.29, 0.717) is 16.7 Å². The molecule has 0 saturated heterocycles. The van der Waals surface area contributed by atoms with E-state index in [1.165, 1.54) is 0 Å². The highest BCUT2D eigenvalue weighted by Gasteiger charge is 2.12. The lowest BCUT2D eigenvalue weighted by Gasteiger charge is -2.07. The number of rotatable bonds is 1. The molecule has 4 aromatic rings. The maximum Gasteiger partial charge on any atom is 0.280 e. The summed E-state index contributed by atoms with van der Waals surface area (Å²) in [5.74, 6) is 6.35. The summed E-state index contributed by atoms with van der Waals surface area (Å²) in [6.07, 6.45) is 0. The first-order valence-corrected chi connectivity index (χ1v) is 6.59. The predicted octanol–water partition coefficient (Wildman–Crippen LogP) is 2.26. The number of hydrogen-bond donors (Lipinski definition) is 2. The minimum atomic E-state index is -0.255. The number of nitrogens with one attached hydrogen (secondary N) is 1. The van der Waals surface area contributed by atoms with Gasteiger partial charge >= 0.3 is 0 Å². The van der Waals surface area contributed by atoms with E-state index in [2.05, 4.69) is 9.97 Å². The fourth-order valence-electron chi connectivity index (χ4n) is 2.53. The van der Waals surface area contributed by atoms with E-state index in [-0.39, 0.29) is 5.56 Å². The van der Waals surface area contributed by atoms with Gasteiger partial charge in [-0.15, -0.1) is 0 Å². The Kier molecular flexibility index (Phi) is 2.35. The second-order valence-corrected chi connectivity index (χ2v) is 4.90. The van der Waals surface area contributed by atoms with E-state index < -0.39 is 0 Å². The Morgan fingerprint density at radius 2 is 1.81 bits per heavy atom. The van der Waals surface area contributed by atoms with E-state index in [0.717, 1.165) is 21.3 Å². The molecule has 0 aliphatic rings. The van der Waals surface area contributed by atoms with Crippen LogP contribution < -0.4 is 11.4 Å². The van der Waals surface area contributed by atoms with Crippen molar-refractivity contribution in [3.8, 4) is 11.5 Å². The molecule has 0 aliphatic carbocycles. The van der Waals surface area contributed by atoms with Gasteiger partial charge in [-0.1, -0.05) is 30.3 Å². The summed E-state index contributed by atoms with van der Waals surface area (Å²) in [5, 5.41) is 1.56. The fraction of sp³-hybridized carbons (Fsp3) is 0. The summed E-state index contributed by atoms with van der Waals surface area (Å²) in [7, 11) is 0. The Morgan fingerprint density at radius 3 is 2.67 bits per heavy atom. The quantitative estimate of drug-likeness (QED) is 0.523. The smallest absolute Gasteiger partial charge is 0.280 e. The van der Waals surface area contributed by atoms with Crippen LogP contribution in [-0.2, 0) is 0 Å². The van der Waals surface area contributed by atoms with E-state index in [4.69, 9.17) is 5.84 Å². The van der Waals surface area contributed by atoms with Crippen LogP contribution in [0.1, 0.15) is 0 Å². The number of hydrogen-bond acceptors (Lipinski definition) is 3. The third-order valence-corrected chi connectivity index (χ3v) is 3.58. The number of fused-ring (bicyclic) bond motifs is 2. The summed E-state index contributed by atoms with van der Waals surface area (Å²) in [5.41, 5.74) is 2.09. The molecule has 0 aliphatic heterocycles. The molecule has 3 N–H and O–H groups in total. The molecule has 0 unspecified atom stereocenters. The van der Waals surface area contributed by atoms with Crippen molar-refractivity contribution in [2.24, 2.45) is 0 Å². The van der Waals surface area contributed by atoms with E-state index in [1.807, 2.05) is 42.5 Å². The van der Waals surface area contributed by atoms with Gasteiger partial charge in [0.15, 0.2) is 5.82 Å². The van der Waals surface area contributed by atoms with E-state index >= 15 is 0 Å². The van der Waals surface area contributed by atoms with Gasteiger partial charge in [-0.2, -0.15) is 0 Å². The maximum absolute atomic E-state index is 12.3. The zero-order chi connectivity index (χ0) is 14.4. The van der Waals surface area contributed by atoms with Gasteiger partial charge in [-0.3, -0.25) is 4.79 Å². The van der Waals surface area contributed by atoms with Crippen LogP contribution in [0.15, 0.2) is 59.4 Å². The number of aromatic nitrogens is 3. The molecule has 0 spiro atoms. The first-order valence-electron chi connectivity index (χ1n) is 6.59. The predicted molar refractivity (Wildman–Crippen MR) is 83.4 cm³/mol. The Balaban J connectivity index is 2.05. The van der Waals surface area contributed by atoms with Crippen molar-refractivity contribution in [1.29, 1.82) is 0 Å². The number of nitrogens with two attached hydrogens (primary N) is 1. The number of aromatic amines is 1. The van der Waals surface area contributed by atoms with Crippen molar-refractivity contribution in [2.75, 3.05) is 5.84 Å². The Hall–Kier alpha value is -3.08. The van der Waals surface area contributed by atoms with Crippen LogP contribution in [0.5, 0.6) is 0 Å². The molecular formula is C16H12N4O. The Morgan fingerprint density at radius 1 is 1.05 bits per heavy atom. The van der Waals surface area contributed by atoms with Crippen molar-refractivity contribution in [3.63, 3.8) is 0 Å². The van der Waals surface area contributed by atoms with Gasteiger partial charge in [-0.05, 0) is 24.3 Å². The normalized spacial score (nSPS) is 11.2. The summed E-state index contributed by atoms with van der Waals surface area (Å²) >= 11 is 0. The molecule has 0 amide bonds. The largest absolute Gasteiger partial charge is 0.352 e. The number of nitrogen functional groups attached to an aromatic ring is 1. The molecule has 5 nitrogen and oxygen atoms in total. The monoisotopic (exact) mass is 276 g/mol. The van der Waals surface area contributed by atoms with Crippen LogP contribution in [0.25, 0.3) is 33.3 Å². The van der Waals surface area contributed by atoms with Gasteiger partial charge in [0.05, 0.1) is 16.6 Å². The number of benzene rings is 2. The van der Waals surface area contributed by atoms with Crippen LogP contribution in [0.2, 0.25) is 0 Å². The molecule has 5 heteroatoms. The van der Waals surface area contributed by atoms with Crippen molar-refractivity contribution >= 4 is 21.8 Å².